The van der Waals surface area contributed by atoms with Gasteiger partial charge in [0.15, 0.2) is 0 Å². The average molecular weight is 283 g/mol. The molecule has 2 aromatic carbocycles. The minimum Gasteiger partial charge on any atom is -0.384 e. The van der Waals surface area contributed by atoms with E-state index in [2.05, 4.69) is 17.2 Å². The van der Waals surface area contributed by atoms with E-state index < -0.39 is 5.82 Å². The van der Waals surface area contributed by atoms with E-state index >= 15 is 0 Å². The van der Waals surface area contributed by atoms with Crippen LogP contribution in [0, 0.1) is 24.6 Å². The largest absolute Gasteiger partial charge is 0.384 e. The van der Waals surface area contributed by atoms with Gasteiger partial charge in [0.25, 0.3) is 5.91 Å². The topological polar surface area (TPSA) is 49.3 Å². The van der Waals surface area contributed by atoms with Crippen LogP contribution in [-0.4, -0.2) is 17.6 Å². The fourth-order valence-corrected chi connectivity index (χ4v) is 1.82. The highest BCUT2D eigenvalue weighted by Gasteiger charge is 2.11. The van der Waals surface area contributed by atoms with E-state index in [9.17, 15) is 9.18 Å². The number of anilines is 1. The van der Waals surface area contributed by atoms with Crippen LogP contribution in [0.25, 0.3) is 0 Å². The number of rotatable bonds is 2. The van der Waals surface area contributed by atoms with Crippen molar-refractivity contribution in [3.63, 3.8) is 0 Å². The third-order valence-corrected chi connectivity index (χ3v) is 2.92. The molecule has 21 heavy (non-hydrogen) atoms. The van der Waals surface area contributed by atoms with E-state index in [0.29, 0.717) is 16.7 Å². The summed E-state index contributed by atoms with van der Waals surface area (Å²) in [5.41, 5.74) is 1.95. The summed E-state index contributed by atoms with van der Waals surface area (Å²) in [5.74, 6) is 4.41. The lowest BCUT2D eigenvalue weighted by atomic mass is 10.1. The zero-order valence-corrected chi connectivity index (χ0v) is 11.5. The summed E-state index contributed by atoms with van der Waals surface area (Å²) in [4.78, 5) is 12.1. The van der Waals surface area contributed by atoms with Crippen molar-refractivity contribution < 1.29 is 14.3 Å². The number of aliphatic hydroxyl groups is 1. The van der Waals surface area contributed by atoms with Crippen molar-refractivity contribution in [2.75, 3.05) is 11.9 Å². The Morgan fingerprint density at radius 1 is 1.24 bits per heavy atom. The Hall–Kier alpha value is -2.64. The molecule has 0 radical (unpaired) electrons. The lowest BCUT2D eigenvalue weighted by molar-refractivity contribution is 0.102. The van der Waals surface area contributed by atoms with Gasteiger partial charge in [-0.1, -0.05) is 24.0 Å². The van der Waals surface area contributed by atoms with Crippen molar-refractivity contribution >= 4 is 11.6 Å². The number of aryl methyl sites for hydroxylation is 1. The first-order valence-electron chi connectivity index (χ1n) is 6.38. The lowest BCUT2D eigenvalue weighted by Crippen LogP contribution is -2.13. The monoisotopic (exact) mass is 283 g/mol. The molecule has 0 aliphatic heterocycles. The maximum Gasteiger partial charge on any atom is 0.255 e. The molecule has 0 atom stereocenters. The summed E-state index contributed by atoms with van der Waals surface area (Å²) in [6.45, 7) is 1.51. The summed E-state index contributed by atoms with van der Waals surface area (Å²) in [6.07, 6.45) is 0. The fourth-order valence-electron chi connectivity index (χ4n) is 1.82. The third kappa shape index (κ3) is 3.68. The molecule has 2 rings (SSSR count). The highest BCUT2D eigenvalue weighted by Crippen LogP contribution is 2.19. The standard InChI is InChI=1S/C17H14FNO2/c1-12-4-2-6-15(18)16(12)19-17(21)14-9-7-13(8-10-14)5-3-11-20/h2,4,6-10,20H,11H2,1H3,(H,19,21). The Morgan fingerprint density at radius 2 is 1.95 bits per heavy atom. The van der Waals surface area contributed by atoms with Crippen LogP contribution in [-0.2, 0) is 0 Å². The number of halogens is 1. The van der Waals surface area contributed by atoms with E-state index in [0.717, 1.165) is 0 Å². The molecule has 0 aliphatic carbocycles. The van der Waals surface area contributed by atoms with Crippen molar-refractivity contribution in [2.24, 2.45) is 0 Å². The molecule has 1 amide bonds. The zero-order valence-electron chi connectivity index (χ0n) is 11.5. The van der Waals surface area contributed by atoms with Gasteiger partial charge in [-0.05, 0) is 42.8 Å². The predicted octanol–water partition coefficient (Wildman–Crippen LogP) is 2.73. The van der Waals surface area contributed by atoms with Gasteiger partial charge in [0.1, 0.15) is 12.4 Å². The Morgan fingerprint density at radius 3 is 2.57 bits per heavy atom. The molecule has 0 spiro atoms. The maximum absolute atomic E-state index is 13.7. The van der Waals surface area contributed by atoms with Gasteiger partial charge in [0.05, 0.1) is 5.69 Å². The molecule has 2 N–H and O–H groups in total. The maximum atomic E-state index is 13.7. The Bertz CT molecular complexity index is 692. The second kappa shape index (κ2) is 6.69. The highest BCUT2D eigenvalue weighted by molar-refractivity contribution is 6.04. The van der Waals surface area contributed by atoms with Crippen molar-refractivity contribution in [2.45, 2.75) is 6.92 Å². The average Bonchev–Trinajstić information content (AvgIpc) is 2.49. The summed E-state index contributed by atoms with van der Waals surface area (Å²) in [6, 6.07) is 11.2. The minimum atomic E-state index is -0.464. The molecular formula is C17H14FNO2. The number of aliphatic hydroxyl groups excluding tert-OH is 1. The molecule has 4 heteroatoms. The normalized spacial score (nSPS) is 9.67. The van der Waals surface area contributed by atoms with Crippen LogP contribution in [0.2, 0.25) is 0 Å². The Labute approximate surface area is 122 Å². The molecule has 0 heterocycles. The molecule has 0 unspecified atom stereocenters. The number of hydrogen-bond acceptors (Lipinski definition) is 2. The number of nitrogens with one attached hydrogen (secondary N) is 1. The Balaban J connectivity index is 2.17. The molecule has 0 saturated carbocycles. The summed E-state index contributed by atoms with van der Waals surface area (Å²) in [5, 5.41) is 11.2. The van der Waals surface area contributed by atoms with E-state index in [1.807, 2.05) is 0 Å². The van der Waals surface area contributed by atoms with E-state index in [1.165, 1.54) is 6.07 Å². The number of para-hydroxylation sites is 1. The van der Waals surface area contributed by atoms with Crippen LogP contribution >= 0.6 is 0 Å². The van der Waals surface area contributed by atoms with Gasteiger partial charge in [-0.25, -0.2) is 4.39 Å². The molecule has 0 saturated heterocycles. The highest BCUT2D eigenvalue weighted by atomic mass is 19.1. The number of carbonyl (C=O) groups excluding carboxylic acids is 1. The lowest BCUT2D eigenvalue weighted by Gasteiger charge is -2.09. The quantitative estimate of drug-likeness (QED) is 0.833. The molecule has 106 valence electrons. The van der Waals surface area contributed by atoms with Crippen LogP contribution in [0.1, 0.15) is 21.5 Å². The summed E-state index contributed by atoms with van der Waals surface area (Å²) >= 11 is 0. The Kier molecular flexibility index (Phi) is 4.70. The first-order valence-corrected chi connectivity index (χ1v) is 6.38. The van der Waals surface area contributed by atoms with Crippen molar-refractivity contribution in [1.82, 2.24) is 0 Å². The molecule has 2 aromatic rings. The van der Waals surface area contributed by atoms with Crippen LogP contribution in [0.15, 0.2) is 42.5 Å². The van der Waals surface area contributed by atoms with Gasteiger partial charge in [0, 0.05) is 11.1 Å². The first-order chi connectivity index (χ1) is 10.1. The molecule has 0 bridgehead atoms. The third-order valence-electron chi connectivity index (χ3n) is 2.92. The molecule has 3 nitrogen and oxygen atoms in total. The second-order valence-electron chi connectivity index (χ2n) is 4.42. The molecule has 0 fully saturated rings. The van der Waals surface area contributed by atoms with Crippen LogP contribution in [0.3, 0.4) is 0 Å². The first kappa shape index (κ1) is 14.8. The minimum absolute atomic E-state index is 0.187. The number of carbonyl (C=O) groups is 1. The van der Waals surface area contributed by atoms with Gasteiger partial charge in [0.2, 0.25) is 0 Å². The van der Waals surface area contributed by atoms with E-state index in [4.69, 9.17) is 5.11 Å². The molecule has 0 aliphatic rings. The molecular weight excluding hydrogens is 269 g/mol. The number of hydrogen-bond donors (Lipinski definition) is 2. The smallest absolute Gasteiger partial charge is 0.255 e. The second-order valence-corrected chi connectivity index (χ2v) is 4.42. The number of amides is 1. The van der Waals surface area contributed by atoms with Gasteiger partial charge in [-0.15, -0.1) is 0 Å². The summed E-state index contributed by atoms with van der Waals surface area (Å²) < 4.78 is 13.7. The van der Waals surface area contributed by atoms with Gasteiger partial charge >= 0.3 is 0 Å². The summed E-state index contributed by atoms with van der Waals surface area (Å²) in [7, 11) is 0. The van der Waals surface area contributed by atoms with Crippen molar-refractivity contribution in [3.05, 3.63) is 65.0 Å². The number of benzene rings is 2. The van der Waals surface area contributed by atoms with Crippen molar-refractivity contribution in [1.29, 1.82) is 0 Å². The fraction of sp³-hybridized carbons (Fsp3) is 0.118. The van der Waals surface area contributed by atoms with E-state index in [1.54, 1.807) is 43.3 Å². The van der Waals surface area contributed by atoms with Crippen LogP contribution < -0.4 is 5.32 Å². The van der Waals surface area contributed by atoms with Crippen LogP contribution in [0.5, 0.6) is 0 Å². The van der Waals surface area contributed by atoms with Gasteiger partial charge in [-0.2, -0.15) is 0 Å². The van der Waals surface area contributed by atoms with Crippen LogP contribution in [0.4, 0.5) is 10.1 Å². The van der Waals surface area contributed by atoms with Gasteiger partial charge in [-0.3, -0.25) is 4.79 Å². The molecule has 0 aromatic heterocycles. The van der Waals surface area contributed by atoms with Crippen molar-refractivity contribution in [3.8, 4) is 11.8 Å². The predicted molar refractivity (Wildman–Crippen MR) is 79.5 cm³/mol. The zero-order chi connectivity index (χ0) is 15.2. The SMILES string of the molecule is Cc1cccc(F)c1NC(=O)c1ccc(C#CCO)cc1. The van der Waals surface area contributed by atoms with Gasteiger partial charge < -0.3 is 10.4 Å². The van der Waals surface area contributed by atoms with E-state index in [-0.39, 0.29) is 18.2 Å².